The Balaban J connectivity index is 1.60. The highest BCUT2D eigenvalue weighted by atomic mass is 32.2. The van der Waals surface area contributed by atoms with Crippen molar-refractivity contribution < 1.29 is 12.9 Å². The van der Waals surface area contributed by atoms with Gasteiger partial charge < -0.3 is 4.52 Å². The van der Waals surface area contributed by atoms with Gasteiger partial charge in [0.2, 0.25) is 5.89 Å². The van der Waals surface area contributed by atoms with Crippen LogP contribution in [0.25, 0.3) is 0 Å². The van der Waals surface area contributed by atoms with Crippen molar-refractivity contribution in [3.8, 4) is 0 Å². The normalized spacial score (nSPS) is 23.9. The fourth-order valence-corrected chi connectivity index (χ4v) is 4.86. The number of aryl methyl sites for hydroxylation is 1. The maximum atomic E-state index is 12.7. The lowest BCUT2D eigenvalue weighted by Gasteiger charge is -2.36. The van der Waals surface area contributed by atoms with E-state index in [-0.39, 0.29) is 5.92 Å². The largest absolute Gasteiger partial charge is 0.339 e. The maximum absolute atomic E-state index is 12.7. The molecule has 0 unspecified atom stereocenters. The molecule has 0 atom stereocenters. The van der Waals surface area contributed by atoms with Gasteiger partial charge in [0.25, 0.3) is 10.2 Å². The lowest BCUT2D eigenvalue weighted by molar-refractivity contribution is 0.234. The van der Waals surface area contributed by atoms with Crippen molar-refractivity contribution in [1.29, 1.82) is 0 Å². The summed E-state index contributed by atoms with van der Waals surface area (Å²) in [6.45, 7) is 6.32. The first-order valence-electron chi connectivity index (χ1n) is 8.02. The van der Waals surface area contributed by atoms with Gasteiger partial charge >= 0.3 is 0 Å². The molecule has 0 spiro atoms. The second-order valence-corrected chi connectivity index (χ2v) is 8.37. The lowest BCUT2D eigenvalue weighted by atomic mass is 9.98. The summed E-state index contributed by atoms with van der Waals surface area (Å²) in [5, 5.41) is 3.81. The topological polar surface area (TPSA) is 79.5 Å². The first kappa shape index (κ1) is 15.9. The molecule has 8 heteroatoms. The summed E-state index contributed by atoms with van der Waals surface area (Å²) in [5.74, 6) is 2.07. The molecule has 1 aromatic rings. The molecule has 124 valence electrons. The number of hydrogen-bond acceptors (Lipinski definition) is 5. The number of aromatic nitrogens is 2. The quantitative estimate of drug-likeness (QED) is 0.841. The summed E-state index contributed by atoms with van der Waals surface area (Å²) in [6.07, 6.45) is 3.39. The molecule has 1 aromatic heterocycles. The Morgan fingerprint density at radius 3 is 2.09 bits per heavy atom. The minimum absolute atomic E-state index is 0.175. The predicted octanol–water partition coefficient (Wildman–Crippen LogP) is 1.53. The average molecular weight is 328 g/mol. The lowest BCUT2D eigenvalue weighted by Crippen LogP contribution is -2.49. The van der Waals surface area contributed by atoms with E-state index in [2.05, 4.69) is 17.1 Å². The van der Waals surface area contributed by atoms with Crippen LogP contribution in [0.3, 0.4) is 0 Å². The van der Waals surface area contributed by atoms with Gasteiger partial charge in [-0.3, -0.25) is 0 Å². The minimum Gasteiger partial charge on any atom is -0.339 e. The second-order valence-electron chi connectivity index (χ2n) is 6.44. The zero-order valence-electron chi connectivity index (χ0n) is 13.2. The highest BCUT2D eigenvalue weighted by Gasteiger charge is 2.35. The molecular formula is C14H24N4O3S. The Morgan fingerprint density at radius 1 is 1.05 bits per heavy atom. The third-order valence-electron chi connectivity index (χ3n) is 4.74. The summed E-state index contributed by atoms with van der Waals surface area (Å²) in [5.41, 5.74) is 0. The summed E-state index contributed by atoms with van der Waals surface area (Å²) < 4.78 is 33.9. The highest BCUT2D eigenvalue weighted by Crippen LogP contribution is 2.29. The third-order valence-corrected chi connectivity index (χ3v) is 6.78. The van der Waals surface area contributed by atoms with Gasteiger partial charge in [-0.05, 0) is 38.5 Å². The van der Waals surface area contributed by atoms with Crippen molar-refractivity contribution in [2.75, 3.05) is 26.2 Å². The first-order valence-corrected chi connectivity index (χ1v) is 9.42. The Morgan fingerprint density at radius 2 is 1.59 bits per heavy atom. The van der Waals surface area contributed by atoms with Crippen LogP contribution in [0.4, 0.5) is 0 Å². The van der Waals surface area contributed by atoms with Crippen molar-refractivity contribution in [1.82, 2.24) is 18.8 Å². The molecule has 0 aliphatic carbocycles. The Bertz CT molecular complexity index is 599. The Kier molecular flexibility index (Phi) is 4.52. The average Bonchev–Trinajstić information content (AvgIpc) is 2.94. The molecule has 3 heterocycles. The van der Waals surface area contributed by atoms with Gasteiger partial charge in [0.05, 0.1) is 0 Å². The fourth-order valence-electron chi connectivity index (χ4n) is 3.19. The summed E-state index contributed by atoms with van der Waals surface area (Å²) >= 11 is 0. The van der Waals surface area contributed by atoms with Gasteiger partial charge in [0.15, 0.2) is 5.82 Å². The third kappa shape index (κ3) is 3.18. The van der Waals surface area contributed by atoms with Gasteiger partial charge in [-0.2, -0.15) is 22.0 Å². The highest BCUT2D eigenvalue weighted by molar-refractivity contribution is 7.86. The molecule has 3 rings (SSSR count). The van der Waals surface area contributed by atoms with Crippen LogP contribution in [-0.4, -0.2) is 53.3 Å². The van der Waals surface area contributed by atoms with Crippen LogP contribution in [0.2, 0.25) is 0 Å². The molecule has 0 radical (unpaired) electrons. The first-order chi connectivity index (χ1) is 10.5. The molecule has 2 saturated heterocycles. The summed E-state index contributed by atoms with van der Waals surface area (Å²) in [6, 6.07) is 0. The molecule has 0 N–H and O–H groups in total. The molecule has 7 nitrogen and oxygen atoms in total. The number of rotatable bonds is 3. The van der Waals surface area contributed by atoms with Gasteiger partial charge in [-0.25, -0.2) is 0 Å². The van der Waals surface area contributed by atoms with E-state index in [1.165, 1.54) is 0 Å². The van der Waals surface area contributed by atoms with Gasteiger partial charge in [-0.15, -0.1) is 0 Å². The number of piperidine rings is 2. The van der Waals surface area contributed by atoms with Crippen molar-refractivity contribution in [2.45, 2.75) is 45.4 Å². The van der Waals surface area contributed by atoms with Gasteiger partial charge in [-0.1, -0.05) is 12.1 Å². The smallest absolute Gasteiger partial charge is 0.281 e. The molecule has 2 fully saturated rings. The molecular weight excluding hydrogens is 304 g/mol. The molecule has 0 bridgehead atoms. The van der Waals surface area contributed by atoms with E-state index >= 15 is 0 Å². The Hall–Kier alpha value is -0.990. The fraction of sp³-hybridized carbons (Fsp3) is 0.857. The van der Waals surface area contributed by atoms with Crippen molar-refractivity contribution in [3.63, 3.8) is 0 Å². The molecule has 22 heavy (non-hydrogen) atoms. The van der Waals surface area contributed by atoms with E-state index in [9.17, 15) is 8.42 Å². The summed E-state index contributed by atoms with van der Waals surface area (Å²) in [4.78, 5) is 4.26. The van der Waals surface area contributed by atoms with Crippen molar-refractivity contribution >= 4 is 10.2 Å². The molecule has 0 aromatic carbocycles. The van der Waals surface area contributed by atoms with E-state index in [4.69, 9.17) is 4.52 Å². The van der Waals surface area contributed by atoms with Crippen LogP contribution >= 0.6 is 0 Å². The van der Waals surface area contributed by atoms with E-state index < -0.39 is 10.2 Å². The predicted molar refractivity (Wildman–Crippen MR) is 81.5 cm³/mol. The SMILES string of the molecule is Cc1noc(C2CCN(S(=O)(=O)N3CCC(C)CC3)CC2)n1. The monoisotopic (exact) mass is 328 g/mol. The standard InChI is InChI=1S/C14H24N4O3S/c1-11-3-7-17(8-4-11)22(19,20)18-9-5-13(6-10-18)14-15-12(2)16-21-14/h11,13H,3-10H2,1-2H3. The van der Waals surface area contributed by atoms with Crippen LogP contribution in [0.15, 0.2) is 4.52 Å². The van der Waals surface area contributed by atoms with Crippen LogP contribution in [0.1, 0.15) is 50.2 Å². The minimum atomic E-state index is -3.31. The second kappa shape index (κ2) is 6.25. The van der Waals surface area contributed by atoms with Gasteiger partial charge in [0.1, 0.15) is 0 Å². The number of hydrogen-bond donors (Lipinski definition) is 0. The van der Waals surface area contributed by atoms with Crippen molar-refractivity contribution in [3.05, 3.63) is 11.7 Å². The van der Waals surface area contributed by atoms with Crippen LogP contribution in [0, 0.1) is 12.8 Å². The van der Waals surface area contributed by atoms with E-state index in [0.29, 0.717) is 43.8 Å². The molecule has 2 aliphatic rings. The van der Waals surface area contributed by atoms with Crippen molar-refractivity contribution in [2.24, 2.45) is 5.92 Å². The molecule has 0 saturated carbocycles. The molecule has 2 aliphatic heterocycles. The summed E-state index contributed by atoms with van der Waals surface area (Å²) in [7, 11) is -3.31. The zero-order chi connectivity index (χ0) is 15.7. The van der Waals surface area contributed by atoms with E-state index in [1.54, 1.807) is 15.5 Å². The maximum Gasteiger partial charge on any atom is 0.281 e. The van der Waals surface area contributed by atoms with Crippen LogP contribution in [-0.2, 0) is 10.2 Å². The van der Waals surface area contributed by atoms with Crippen LogP contribution in [0.5, 0.6) is 0 Å². The van der Waals surface area contributed by atoms with Crippen LogP contribution < -0.4 is 0 Å². The van der Waals surface area contributed by atoms with E-state index in [0.717, 1.165) is 25.7 Å². The zero-order valence-corrected chi connectivity index (χ0v) is 14.0. The van der Waals surface area contributed by atoms with E-state index in [1.807, 2.05) is 0 Å². The van der Waals surface area contributed by atoms with Gasteiger partial charge in [0, 0.05) is 32.1 Å². The Labute approximate surface area is 131 Å². The number of nitrogens with zero attached hydrogens (tertiary/aromatic N) is 4. The molecule has 0 amide bonds.